The number of allylic oxidation sites excluding steroid dienone is 10. The first kappa shape index (κ1) is 67.6. The molecular formula is C55H88N2O22. The number of aliphatic carboxylic acids is 1. The maximum absolute atomic E-state index is 12.7. The van der Waals surface area contributed by atoms with E-state index in [1.54, 1.807) is 44.2 Å². The number of hydrogen-bond acceptors (Lipinski definition) is 22. The zero-order chi connectivity index (χ0) is 58.7. The summed E-state index contributed by atoms with van der Waals surface area (Å²) in [5.41, 5.74) is 6.54. The number of rotatable bonds is 7. The lowest BCUT2D eigenvalue weighted by molar-refractivity contribution is -0.331. The standard InChI is InChI=1S/C55H88N2O22/c1-29-18-16-14-12-10-8-6-7-9-11-13-15-17-19-37(76-54-49(69)45(56)51(32(4)75-54)78-53-46(57-33(5)59)50(70)48(68)42(28-58)77-53)25-41-44(52(71)72)40(65)27-55(73,79-41)26-39(64)38(63)21-20-34(60)22-35(61)23-36(62)24-43(66)74-31(3)30(2)47(29)67/h6-7,9,11-19,29-32,34-42,44-51,53-54,58,60-65,67-70,73H,8,10,20-28,56H2,1-5H3,(H,57,59)(H,71,72)/b7-6+,11-9+,14-12+,15-13+,18-16+,19-17+/t29?,30?,31?,32-,34?,35?,36?,37?,38?,39?,40?,41?,42+,44?,45-,46+,47?,48+,49+,50+,51-,53-,54-,55?/m1/s1. The van der Waals surface area contributed by atoms with Gasteiger partial charge in [0.15, 0.2) is 18.4 Å². The molecule has 14 unspecified atom stereocenters. The summed E-state index contributed by atoms with van der Waals surface area (Å²) in [5, 5.41) is 143. The van der Waals surface area contributed by atoms with E-state index in [-0.39, 0.29) is 31.6 Å². The number of carbonyl (C=O) groups is 3. The number of aliphatic hydroxyl groups is 12. The van der Waals surface area contributed by atoms with Gasteiger partial charge in [-0.25, -0.2) is 0 Å². The van der Waals surface area contributed by atoms with Crippen molar-refractivity contribution >= 4 is 17.8 Å². The molecule has 24 nitrogen and oxygen atoms in total. The molecule has 3 fully saturated rings. The first-order valence-corrected chi connectivity index (χ1v) is 27.1. The van der Waals surface area contributed by atoms with Crippen LogP contribution in [-0.2, 0) is 42.8 Å². The van der Waals surface area contributed by atoms with E-state index in [2.05, 4.69) is 5.32 Å². The monoisotopic (exact) mass is 1130 g/mol. The van der Waals surface area contributed by atoms with E-state index in [1.807, 2.05) is 43.4 Å². The van der Waals surface area contributed by atoms with Gasteiger partial charge in [-0.15, -0.1) is 0 Å². The van der Waals surface area contributed by atoms with E-state index in [9.17, 15) is 80.8 Å². The molecule has 0 radical (unpaired) electrons. The molecule has 0 aromatic rings. The molecule has 0 saturated carbocycles. The summed E-state index contributed by atoms with van der Waals surface area (Å²) in [6, 6.07) is -2.68. The van der Waals surface area contributed by atoms with Crippen molar-refractivity contribution in [3.05, 3.63) is 72.9 Å². The largest absolute Gasteiger partial charge is 0.481 e. The van der Waals surface area contributed by atoms with E-state index >= 15 is 0 Å². The molecule has 0 spiro atoms. The predicted molar refractivity (Wildman–Crippen MR) is 281 cm³/mol. The Balaban J connectivity index is 1.58. The van der Waals surface area contributed by atoms with Crippen LogP contribution in [0.2, 0.25) is 0 Å². The van der Waals surface area contributed by atoms with Gasteiger partial charge < -0.3 is 106 Å². The molecule has 3 saturated heterocycles. The molecule has 24 heteroatoms. The number of carboxylic acid groups (broad SMARTS) is 1. The number of hydrogen-bond donors (Lipinski definition) is 15. The maximum atomic E-state index is 12.7. The predicted octanol–water partition coefficient (Wildman–Crippen LogP) is -1.10. The van der Waals surface area contributed by atoms with Crippen LogP contribution in [0.5, 0.6) is 0 Å². The number of esters is 1. The third-order valence-electron chi connectivity index (χ3n) is 14.8. The highest BCUT2D eigenvalue weighted by atomic mass is 16.7. The van der Waals surface area contributed by atoms with Gasteiger partial charge in [0.05, 0.1) is 80.1 Å². The summed E-state index contributed by atoms with van der Waals surface area (Å²) < 4.78 is 35.6. The first-order chi connectivity index (χ1) is 37.2. The Bertz CT molecular complexity index is 2060. The minimum absolute atomic E-state index is 0.180. The summed E-state index contributed by atoms with van der Waals surface area (Å²) in [6.45, 7) is 7.15. The summed E-state index contributed by atoms with van der Waals surface area (Å²) in [6.07, 6.45) is -5.88. The van der Waals surface area contributed by atoms with Crippen molar-refractivity contribution in [2.75, 3.05) is 6.61 Å². The summed E-state index contributed by atoms with van der Waals surface area (Å²) in [5.74, 6) is -7.75. The van der Waals surface area contributed by atoms with Crippen LogP contribution in [-0.4, -0.2) is 219 Å². The molecule has 4 rings (SSSR count). The topological polar surface area (TPSA) is 408 Å². The second-order valence-electron chi connectivity index (χ2n) is 21.4. The Labute approximate surface area is 461 Å². The smallest absolute Gasteiger partial charge is 0.311 e. The lowest BCUT2D eigenvalue weighted by Crippen LogP contribution is -2.68. The van der Waals surface area contributed by atoms with Gasteiger partial charge in [-0.2, -0.15) is 0 Å². The highest BCUT2D eigenvalue weighted by molar-refractivity contribution is 5.73. The van der Waals surface area contributed by atoms with Crippen LogP contribution < -0.4 is 11.1 Å². The number of nitrogens with one attached hydrogen (secondary N) is 1. The second kappa shape index (κ2) is 32.7. The van der Waals surface area contributed by atoms with Crippen LogP contribution in [0, 0.1) is 17.8 Å². The fourth-order valence-electron chi connectivity index (χ4n) is 10.0. The van der Waals surface area contributed by atoms with Crippen LogP contribution in [0.3, 0.4) is 0 Å². The zero-order valence-electron chi connectivity index (χ0n) is 45.6. The molecule has 0 aromatic carbocycles. The molecule has 79 heavy (non-hydrogen) atoms. The number of cyclic esters (lactones) is 1. The minimum Gasteiger partial charge on any atom is -0.481 e. The van der Waals surface area contributed by atoms with E-state index < -0.39 is 190 Å². The fraction of sp³-hybridized carbons (Fsp3) is 0.727. The van der Waals surface area contributed by atoms with Gasteiger partial charge in [-0.1, -0.05) is 86.8 Å². The van der Waals surface area contributed by atoms with Gasteiger partial charge >= 0.3 is 11.9 Å². The summed E-state index contributed by atoms with van der Waals surface area (Å²) in [7, 11) is 0. The number of carbonyl (C=O) groups excluding carboxylic acids is 2. The number of ether oxygens (including phenoxy) is 6. The van der Waals surface area contributed by atoms with Crippen LogP contribution in [0.1, 0.15) is 98.8 Å². The van der Waals surface area contributed by atoms with Gasteiger partial charge in [0.1, 0.15) is 48.6 Å². The van der Waals surface area contributed by atoms with E-state index in [4.69, 9.17) is 34.2 Å². The first-order valence-electron chi connectivity index (χ1n) is 27.1. The van der Waals surface area contributed by atoms with Crippen molar-refractivity contribution in [3.63, 3.8) is 0 Å². The van der Waals surface area contributed by atoms with E-state index in [0.717, 1.165) is 6.92 Å². The van der Waals surface area contributed by atoms with Gasteiger partial charge in [0.25, 0.3) is 0 Å². The molecule has 0 aromatic heterocycles. The molecule has 1 amide bonds. The van der Waals surface area contributed by atoms with E-state index in [0.29, 0.717) is 12.8 Å². The molecule has 2 bridgehead atoms. The minimum atomic E-state index is -2.44. The van der Waals surface area contributed by atoms with Crippen molar-refractivity contribution in [1.82, 2.24) is 5.32 Å². The molecule has 4 aliphatic heterocycles. The Kier molecular flexibility index (Phi) is 28.0. The fourth-order valence-corrected chi connectivity index (χ4v) is 10.0. The van der Waals surface area contributed by atoms with Crippen LogP contribution in [0.4, 0.5) is 0 Å². The van der Waals surface area contributed by atoms with Crippen molar-refractivity contribution in [3.8, 4) is 0 Å². The molecule has 4 heterocycles. The lowest BCUT2D eigenvalue weighted by Gasteiger charge is -2.48. The highest BCUT2D eigenvalue weighted by Gasteiger charge is 2.53. The Morgan fingerprint density at radius 1 is 0.696 bits per heavy atom. The van der Waals surface area contributed by atoms with Gasteiger partial charge in [0.2, 0.25) is 5.91 Å². The summed E-state index contributed by atoms with van der Waals surface area (Å²) >= 11 is 0. The normalized spacial score (nSPS) is 45.1. The van der Waals surface area contributed by atoms with Gasteiger partial charge in [-0.05, 0) is 52.4 Å². The molecule has 0 aliphatic carbocycles. The third kappa shape index (κ3) is 21.1. The number of nitrogens with two attached hydrogens (primary N) is 1. The molecule has 4 aliphatic rings. The molecule has 24 atom stereocenters. The summed E-state index contributed by atoms with van der Waals surface area (Å²) in [4.78, 5) is 37.5. The number of carboxylic acids is 1. The van der Waals surface area contributed by atoms with Gasteiger partial charge in [0, 0.05) is 38.0 Å². The second-order valence-corrected chi connectivity index (χ2v) is 21.4. The molecular weight excluding hydrogens is 1040 g/mol. The van der Waals surface area contributed by atoms with Crippen LogP contribution >= 0.6 is 0 Å². The molecule has 450 valence electrons. The van der Waals surface area contributed by atoms with Crippen LogP contribution in [0.15, 0.2) is 72.9 Å². The quantitative estimate of drug-likeness (QED) is 0.135. The number of fused-ring (bicyclic) bond motifs is 2. The van der Waals surface area contributed by atoms with Crippen LogP contribution in [0.25, 0.3) is 0 Å². The lowest BCUT2D eigenvalue weighted by atomic mass is 9.82. The highest BCUT2D eigenvalue weighted by Crippen LogP contribution is 2.39. The maximum Gasteiger partial charge on any atom is 0.311 e. The Morgan fingerprint density at radius 3 is 1.95 bits per heavy atom. The van der Waals surface area contributed by atoms with Crippen molar-refractivity contribution in [1.29, 1.82) is 0 Å². The average molecular weight is 1130 g/mol. The van der Waals surface area contributed by atoms with Crippen molar-refractivity contribution in [2.24, 2.45) is 23.5 Å². The number of amides is 1. The SMILES string of the molecule is CC(=O)N[C@@H]1[C@@H](O[C@H]2[C@H](N)[C@H](O)[C@@H](OC3/C=C/C=C/C=C/C=C/CC/C=C/C=C/C(C)C(O)C(C)C(C)OC(=O)CC(O)CC(O)CC(O)CCC(O)C(O)CC4(O)CC(O)C(C(=O)O)C(C3)O4)O[C@@H]2C)O[C@@H](CO)[C@H](O)[C@H]1O. The zero-order valence-corrected chi connectivity index (χ0v) is 45.6. The van der Waals surface area contributed by atoms with Gasteiger partial charge in [-0.3, -0.25) is 14.4 Å². The third-order valence-corrected chi connectivity index (χ3v) is 14.8. The Morgan fingerprint density at radius 2 is 1.30 bits per heavy atom. The van der Waals surface area contributed by atoms with E-state index in [1.165, 1.54) is 13.0 Å². The van der Waals surface area contributed by atoms with Crippen molar-refractivity contribution in [2.45, 2.75) is 227 Å². The Hall–Kier alpha value is -3.87. The van der Waals surface area contributed by atoms with Crippen molar-refractivity contribution < 1.29 is 109 Å². The number of aliphatic hydroxyl groups excluding tert-OH is 11. The average Bonchev–Trinajstić information content (AvgIpc) is 3.36. The molecule has 16 N–H and O–H groups in total.